The van der Waals surface area contributed by atoms with E-state index in [1.54, 1.807) is 0 Å². The third-order valence-electron chi connectivity index (χ3n) is 2.04. The fourth-order valence-electron chi connectivity index (χ4n) is 1.37. The second-order valence-electron chi connectivity index (χ2n) is 3.26. The highest BCUT2D eigenvalue weighted by Gasteiger charge is 2.48. The molecule has 8 nitrogen and oxygen atoms in total. The van der Waals surface area contributed by atoms with Gasteiger partial charge in [-0.3, -0.25) is 20.2 Å². The molecule has 0 bridgehead atoms. The van der Waals surface area contributed by atoms with E-state index in [1.165, 1.54) is 0 Å². The van der Waals surface area contributed by atoms with Gasteiger partial charge in [-0.1, -0.05) is 0 Å². The molecule has 1 rings (SSSR count). The molecule has 0 aliphatic carbocycles. The lowest BCUT2D eigenvalue weighted by atomic mass is 10.1. The first kappa shape index (κ1) is 15.7. The van der Waals surface area contributed by atoms with Gasteiger partial charge >= 0.3 is 27.8 Å². The molecule has 0 spiro atoms. The van der Waals surface area contributed by atoms with Gasteiger partial charge in [-0.15, -0.1) is 3.89 Å². The van der Waals surface area contributed by atoms with Crippen LogP contribution in [0.1, 0.15) is 5.56 Å². The zero-order valence-corrected chi connectivity index (χ0v) is 9.74. The van der Waals surface area contributed by atoms with E-state index >= 15 is 0 Å². The van der Waals surface area contributed by atoms with Crippen LogP contribution in [0, 0.1) is 20.2 Å². The van der Waals surface area contributed by atoms with Crippen LogP contribution in [0.3, 0.4) is 0 Å². The van der Waals surface area contributed by atoms with Crippen LogP contribution in [0.5, 0.6) is 0 Å². The van der Waals surface area contributed by atoms with Crippen molar-refractivity contribution in [3.05, 3.63) is 37.9 Å². The molecule has 0 aliphatic heterocycles. The lowest BCUT2D eigenvalue weighted by molar-refractivity contribution is -0.424. The normalized spacial score (nSPS) is 12.2. The van der Waals surface area contributed by atoms with Crippen LogP contribution in [-0.4, -0.2) is 18.3 Å². The summed E-state index contributed by atoms with van der Waals surface area (Å²) in [6.07, 6.45) is -5.68. The number of hydrogen-bond acceptors (Lipinski definition) is 6. The van der Waals surface area contributed by atoms with Gasteiger partial charge in [-0.25, -0.2) is 0 Å². The minimum atomic E-state index is -5.96. The average molecular weight is 318 g/mol. The maximum atomic E-state index is 12.8. The van der Waals surface area contributed by atoms with Gasteiger partial charge in [0.1, 0.15) is 4.90 Å². The fourth-order valence-corrected chi connectivity index (χ4v) is 2.06. The number of nitro benzene ring substituents is 2. The summed E-state index contributed by atoms with van der Waals surface area (Å²) in [6, 6.07) is 0.0587. The highest BCUT2D eigenvalue weighted by Crippen LogP contribution is 2.45. The number of alkyl halides is 3. The molecule has 1 aromatic carbocycles. The van der Waals surface area contributed by atoms with Crippen molar-refractivity contribution in [1.82, 2.24) is 0 Å². The van der Waals surface area contributed by atoms with Gasteiger partial charge in [0.25, 0.3) is 0 Å². The third-order valence-corrected chi connectivity index (χ3v) is 2.91. The van der Waals surface area contributed by atoms with Crippen molar-refractivity contribution in [2.75, 3.05) is 0 Å². The molecule has 0 N–H and O–H groups in total. The highest BCUT2D eigenvalue weighted by atomic mass is 32.3. The molecule has 0 heterocycles. The Bertz CT molecular complexity index is 698. The second-order valence-corrected chi connectivity index (χ2v) is 4.57. The minimum absolute atomic E-state index is 0.0523. The molecule has 0 saturated heterocycles. The largest absolute Gasteiger partial charge is 0.424 e. The van der Waals surface area contributed by atoms with Gasteiger partial charge in [0.2, 0.25) is 0 Å². The lowest BCUT2D eigenvalue weighted by Gasteiger charge is -2.10. The highest BCUT2D eigenvalue weighted by molar-refractivity contribution is 7.86. The molecular formula is C7H2F4N2O6S. The maximum Gasteiger partial charge on any atom is 0.424 e. The average Bonchev–Trinajstić information content (AvgIpc) is 2.24. The van der Waals surface area contributed by atoms with E-state index in [9.17, 15) is 45.7 Å². The van der Waals surface area contributed by atoms with E-state index in [4.69, 9.17) is 0 Å². The van der Waals surface area contributed by atoms with Gasteiger partial charge in [0.05, 0.1) is 9.85 Å². The Morgan fingerprint density at radius 2 is 1.55 bits per heavy atom. The van der Waals surface area contributed by atoms with Crippen molar-refractivity contribution in [3.63, 3.8) is 0 Å². The number of nitro groups is 2. The minimum Gasteiger partial charge on any atom is -0.258 e. The maximum absolute atomic E-state index is 12.8. The molecule has 1 aromatic rings. The Morgan fingerprint density at radius 1 is 1.05 bits per heavy atom. The Morgan fingerprint density at radius 3 is 1.85 bits per heavy atom. The van der Waals surface area contributed by atoms with E-state index in [0.717, 1.165) is 0 Å². The number of halogens is 4. The molecule has 0 radical (unpaired) electrons. The molecule has 0 unspecified atom stereocenters. The predicted molar refractivity (Wildman–Crippen MR) is 53.0 cm³/mol. The van der Waals surface area contributed by atoms with Crippen LogP contribution in [0.25, 0.3) is 0 Å². The Kier molecular flexibility index (Phi) is 3.67. The van der Waals surface area contributed by atoms with Gasteiger partial charge in [-0.2, -0.15) is 21.6 Å². The SMILES string of the molecule is O=[N+]([O-])c1ccc(S(=O)(=O)F)c(C(F)(F)F)c1[N+](=O)[O-]. The summed E-state index contributed by atoms with van der Waals surface area (Å²) in [5.74, 6) is 0. The summed E-state index contributed by atoms with van der Waals surface area (Å²) >= 11 is 0. The molecule has 0 fully saturated rings. The van der Waals surface area contributed by atoms with Crippen molar-refractivity contribution < 1.29 is 35.3 Å². The third kappa shape index (κ3) is 2.81. The van der Waals surface area contributed by atoms with Crippen LogP contribution in [0.4, 0.5) is 28.4 Å². The van der Waals surface area contributed by atoms with Crippen LogP contribution in [-0.2, 0) is 16.4 Å². The first-order valence-electron chi connectivity index (χ1n) is 4.35. The van der Waals surface area contributed by atoms with Crippen LogP contribution >= 0.6 is 0 Å². The number of hydrogen-bond donors (Lipinski definition) is 0. The number of nitrogens with zero attached hydrogens (tertiary/aromatic N) is 2. The zero-order chi connectivity index (χ0) is 15.9. The van der Waals surface area contributed by atoms with Gasteiger partial charge < -0.3 is 0 Å². The van der Waals surface area contributed by atoms with Gasteiger partial charge in [-0.05, 0) is 6.07 Å². The first-order valence-corrected chi connectivity index (χ1v) is 5.73. The zero-order valence-electron chi connectivity index (χ0n) is 8.92. The molecule has 0 saturated carbocycles. The predicted octanol–water partition coefficient (Wildman–Crippen LogP) is 2.18. The monoisotopic (exact) mass is 318 g/mol. The van der Waals surface area contributed by atoms with Crippen molar-refractivity contribution >= 4 is 21.6 Å². The van der Waals surface area contributed by atoms with Crippen molar-refractivity contribution in [2.24, 2.45) is 0 Å². The summed E-state index contributed by atoms with van der Waals surface area (Å²) in [7, 11) is -5.96. The van der Waals surface area contributed by atoms with E-state index in [0.29, 0.717) is 0 Å². The second kappa shape index (κ2) is 4.66. The van der Waals surface area contributed by atoms with Crippen molar-refractivity contribution in [2.45, 2.75) is 11.1 Å². The van der Waals surface area contributed by atoms with E-state index in [2.05, 4.69) is 0 Å². The Balaban J connectivity index is 4.02. The van der Waals surface area contributed by atoms with E-state index in [1.807, 2.05) is 0 Å². The van der Waals surface area contributed by atoms with Crippen LogP contribution < -0.4 is 0 Å². The summed E-state index contributed by atoms with van der Waals surface area (Å²) in [5, 5.41) is 21.0. The van der Waals surface area contributed by atoms with Crippen LogP contribution in [0.2, 0.25) is 0 Å². The van der Waals surface area contributed by atoms with E-state index < -0.39 is 48.1 Å². The van der Waals surface area contributed by atoms with Crippen molar-refractivity contribution in [3.8, 4) is 0 Å². The molecule has 0 aromatic heterocycles. The molecule has 13 heteroatoms. The molecule has 20 heavy (non-hydrogen) atoms. The molecular weight excluding hydrogens is 316 g/mol. The summed E-state index contributed by atoms with van der Waals surface area (Å²) in [4.78, 5) is 15.7. The fraction of sp³-hybridized carbons (Fsp3) is 0.143. The van der Waals surface area contributed by atoms with Gasteiger partial charge in [0.15, 0.2) is 5.56 Å². The summed E-state index contributed by atoms with van der Waals surface area (Å²) in [6.45, 7) is 0. The summed E-state index contributed by atoms with van der Waals surface area (Å²) < 4.78 is 72.0. The molecule has 0 aliphatic rings. The first-order chi connectivity index (χ1) is 8.87. The number of benzene rings is 1. The van der Waals surface area contributed by atoms with Gasteiger partial charge in [0, 0.05) is 6.07 Å². The number of rotatable bonds is 3. The molecule has 0 atom stereocenters. The smallest absolute Gasteiger partial charge is 0.258 e. The molecule has 0 amide bonds. The van der Waals surface area contributed by atoms with Crippen molar-refractivity contribution in [1.29, 1.82) is 0 Å². The lowest BCUT2D eigenvalue weighted by Crippen LogP contribution is -2.15. The topological polar surface area (TPSA) is 120 Å². The Labute approximate surface area is 107 Å². The molecule has 110 valence electrons. The quantitative estimate of drug-likeness (QED) is 0.364. The van der Waals surface area contributed by atoms with E-state index in [-0.39, 0.29) is 12.1 Å². The Hall–Kier alpha value is -2.31. The standard InChI is InChI=1S/C7H2F4N2O6S/c8-7(9,10)5-4(20(11,18)19)2-1-3(12(14)15)6(5)13(16)17/h1-2H. The summed E-state index contributed by atoms with van der Waals surface area (Å²) in [5.41, 5.74) is -6.27. The van der Waals surface area contributed by atoms with Crippen LogP contribution in [0.15, 0.2) is 17.0 Å².